The Balaban J connectivity index is 1.64. The monoisotopic (exact) mass is 353 g/mol. The van der Waals surface area contributed by atoms with Crippen LogP contribution in [0.4, 0.5) is 5.13 Å². The van der Waals surface area contributed by atoms with E-state index in [9.17, 15) is 0 Å². The third-order valence-electron chi connectivity index (χ3n) is 3.42. The van der Waals surface area contributed by atoms with Crippen LogP contribution < -0.4 is 14.9 Å². The van der Waals surface area contributed by atoms with Crippen molar-refractivity contribution in [2.45, 2.75) is 13.5 Å². The molecule has 0 aliphatic rings. The van der Waals surface area contributed by atoms with E-state index in [0.29, 0.717) is 18.1 Å². The Bertz CT molecular complexity index is 847. The fourth-order valence-corrected chi connectivity index (χ4v) is 2.82. The zero-order valence-electron chi connectivity index (χ0n) is 14.1. The molecule has 0 saturated carbocycles. The van der Waals surface area contributed by atoms with Gasteiger partial charge in [-0.05, 0) is 36.2 Å². The Morgan fingerprint density at radius 2 is 2.00 bits per heavy atom. The summed E-state index contributed by atoms with van der Waals surface area (Å²) in [6.45, 7) is 2.44. The van der Waals surface area contributed by atoms with E-state index < -0.39 is 0 Å². The number of ether oxygens (including phenoxy) is 2. The maximum Gasteiger partial charge on any atom is 0.203 e. The normalized spacial score (nSPS) is 10.8. The quantitative estimate of drug-likeness (QED) is 0.502. The fraction of sp³-hybridized carbons (Fsp3) is 0.158. The van der Waals surface area contributed by atoms with Crippen LogP contribution in [-0.2, 0) is 6.61 Å². The Morgan fingerprint density at radius 3 is 2.72 bits per heavy atom. The van der Waals surface area contributed by atoms with E-state index in [1.54, 1.807) is 13.3 Å². The van der Waals surface area contributed by atoms with Crippen molar-refractivity contribution in [2.75, 3.05) is 12.5 Å². The predicted octanol–water partition coefficient (Wildman–Crippen LogP) is 4.49. The van der Waals surface area contributed by atoms with Crippen LogP contribution in [0.3, 0.4) is 0 Å². The number of aromatic nitrogens is 1. The van der Waals surface area contributed by atoms with Gasteiger partial charge in [-0.15, -0.1) is 11.3 Å². The van der Waals surface area contributed by atoms with Gasteiger partial charge in [-0.25, -0.2) is 4.98 Å². The summed E-state index contributed by atoms with van der Waals surface area (Å²) in [5, 5.41) is 6.94. The molecule has 0 fully saturated rings. The average Bonchev–Trinajstić information content (AvgIpc) is 3.06. The van der Waals surface area contributed by atoms with Gasteiger partial charge in [0.2, 0.25) is 5.13 Å². The average molecular weight is 353 g/mol. The molecule has 0 aliphatic carbocycles. The molecule has 3 rings (SSSR count). The molecule has 6 heteroatoms. The lowest BCUT2D eigenvalue weighted by molar-refractivity contribution is 0.284. The molecule has 1 aromatic heterocycles. The van der Waals surface area contributed by atoms with Gasteiger partial charge in [-0.3, -0.25) is 5.43 Å². The van der Waals surface area contributed by atoms with Crippen molar-refractivity contribution in [1.82, 2.24) is 4.98 Å². The van der Waals surface area contributed by atoms with E-state index in [-0.39, 0.29) is 0 Å². The topological polar surface area (TPSA) is 55.7 Å². The molecule has 128 valence electrons. The molecule has 3 aromatic rings. The van der Waals surface area contributed by atoms with Crippen molar-refractivity contribution in [3.63, 3.8) is 0 Å². The summed E-state index contributed by atoms with van der Waals surface area (Å²) in [6.07, 6.45) is 1.72. The van der Waals surface area contributed by atoms with Crippen molar-refractivity contribution < 1.29 is 9.47 Å². The minimum Gasteiger partial charge on any atom is -0.493 e. The van der Waals surface area contributed by atoms with Crippen LogP contribution >= 0.6 is 11.3 Å². The number of benzene rings is 2. The van der Waals surface area contributed by atoms with Gasteiger partial charge in [-0.1, -0.05) is 30.3 Å². The molecule has 1 N–H and O–H groups in total. The van der Waals surface area contributed by atoms with E-state index in [1.807, 2.05) is 60.8 Å². The molecule has 0 radical (unpaired) electrons. The largest absolute Gasteiger partial charge is 0.493 e. The van der Waals surface area contributed by atoms with Crippen molar-refractivity contribution in [2.24, 2.45) is 5.10 Å². The summed E-state index contributed by atoms with van der Waals surface area (Å²) in [5.41, 5.74) is 5.91. The molecule has 0 bridgehead atoms. The minimum atomic E-state index is 0.496. The van der Waals surface area contributed by atoms with Gasteiger partial charge in [-0.2, -0.15) is 5.10 Å². The summed E-state index contributed by atoms with van der Waals surface area (Å²) >= 11 is 1.52. The zero-order valence-corrected chi connectivity index (χ0v) is 14.9. The van der Waals surface area contributed by atoms with Crippen LogP contribution in [0.25, 0.3) is 0 Å². The third kappa shape index (κ3) is 4.81. The smallest absolute Gasteiger partial charge is 0.203 e. The molecule has 25 heavy (non-hydrogen) atoms. The number of nitrogens with zero attached hydrogens (tertiary/aromatic N) is 2. The first-order valence-electron chi connectivity index (χ1n) is 7.80. The van der Waals surface area contributed by atoms with Crippen molar-refractivity contribution >= 4 is 22.7 Å². The van der Waals surface area contributed by atoms with E-state index in [2.05, 4.69) is 15.5 Å². The highest BCUT2D eigenvalue weighted by Gasteiger charge is 2.05. The van der Waals surface area contributed by atoms with Crippen LogP contribution in [-0.4, -0.2) is 18.3 Å². The van der Waals surface area contributed by atoms with Gasteiger partial charge in [0.1, 0.15) is 6.61 Å². The molecule has 0 aliphatic heterocycles. The molecular formula is C19H19N3O2S. The number of methoxy groups -OCH3 is 1. The Kier molecular flexibility index (Phi) is 5.64. The van der Waals surface area contributed by atoms with E-state index in [4.69, 9.17) is 9.47 Å². The van der Waals surface area contributed by atoms with E-state index in [1.165, 1.54) is 11.3 Å². The first kappa shape index (κ1) is 17.0. The van der Waals surface area contributed by atoms with E-state index >= 15 is 0 Å². The molecule has 2 aromatic carbocycles. The van der Waals surface area contributed by atoms with Crippen molar-refractivity contribution in [1.29, 1.82) is 0 Å². The lowest BCUT2D eigenvalue weighted by atomic mass is 10.2. The fourth-order valence-electron chi connectivity index (χ4n) is 2.19. The molecular weight excluding hydrogens is 334 g/mol. The lowest BCUT2D eigenvalue weighted by Gasteiger charge is -2.11. The maximum atomic E-state index is 5.85. The van der Waals surface area contributed by atoms with Gasteiger partial charge in [0.25, 0.3) is 0 Å². The summed E-state index contributed by atoms with van der Waals surface area (Å²) < 4.78 is 11.3. The number of hydrogen-bond donors (Lipinski definition) is 1. The number of anilines is 1. The second-order valence-electron chi connectivity index (χ2n) is 5.35. The standard InChI is InChI=1S/C19H19N3O2S/c1-14-13-25-19(21-14)22-20-11-16-8-9-17(18(10-16)23-2)24-12-15-6-4-3-5-7-15/h3-11,13H,12H2,1-2H3,(H,21,22)/b20-11-. The number of aryl methyl sites for hydroxylation is 1. The van der Waals surface area contributed by atoms with Gasteiger partial charge in [0, 0.05) is 5.38 Å². The predicted molar refractivity (Wildman–Crippen MR) is 102 cm³/mol. The summed E-state index contributed by atoms with van der Waals surface area (Å²) in [7, 11) is 1.63. The summed E-state index contributed by atoms with van der Waals surface area (Å²) in [4.78, 5) is 4.29. The zero-order chi connectivity index (χ0) is 17.5. The van der Waals surface area contributed by atoms with Crippen LogP contribution in [0.2, 0.25) is 0 Å². The first-order chi connectivity index (χ1) is 12.2. The molecule has 0 unspecified atom stereocenters. The minimum absolute atomic E-state index is 0.496. The van der Waals surface area contributed by atoms with Gasteiger partial charge in [0.05, 0.1) is 19.0 Å². The summed E-state index contributed by atoms with van der Waals surface area (Å²) in [6, 6.07) is 15.7. The number of hydrazone groups is 1. The number of hydrogen-bond acceptors (Lipinski definition) is 6. The highest BCUT2D eigenvalue weighted by atomic mass is 32.1. The molecule has 0 saturated heterocycles. The Morgan fingerprint density at radius 1 is 1.16 bits per heavy atom. The molecule has 0 amide bonds. The molecule has 5 nitrogen and oxygen atoms in total. The highest BCUT2D eigenvalue weighted by molar-refractivity contribution is 7.13. The Hall–Kier alpha value is -2.86. The Labute approximate surface area is 151 Å². The lowest BCUT2D eigenvalue weighted by Crippen LogP contribution is -1.98. The van der Waals surface area contributed by atoms with Crippen LogP contribution in [0.15, 0.2) is 59.0 Å². The van der Waals surface area contributed by atoms with Crippen molar-refractivity contribution in [3.05, 3.63) is 70.7 Å². The second kappa shape index (κ2) is 8.30. The molecule has 0 spiro atoms. The molecule has 1 heterocycles. The van der Waals surface area contributed by atoms with E-state index in [0.717, 1.165) is 22.0 Å². The highest BCUT2D eigenvalue weighted by Crippen LogP contribution is 2.28. The number of rotatable bonds is 7. The first-order valence-corrected chi connectivity index (χ1v) is 8.68. The molecule has 0 atom stereocenters. The van der Waals surface area contributed by atoms with Crippen LogP contribution in [0.1, 0.15) is 16.8 Å². The number of nitrogens with one attached hydrogen (secondary N) is 1. The van der Waals surface area contributed by atoms with Crippen molar-refractivity contribution in [3.8, 4) is 11.5 Å². The third-order valence-corrected chi connectivity index (χ3v) is 4.28. The number of thiazole rings is 1. The summed E-state index contributed by atoms with van der Waals surface area (Å²) in [5.74, 6) is 1.37. The van der Waals surface area contributed by atoms with Gasteiger partial charge < -0.3 is 9.47 Å². The van der Waals surface area contributed by atoms with Gasteiger partial charge >= 0.3 is 0 Å². The second-order valence-corrected chi connectivity index (χ2v) is 6.21. The van der Waals surface area contributed by atoms with Crippen LogP contribution in [0.5, 0.6) is 11.5 Å². The van der Waals surface area contributed by atoms with Crippen LogP contribution in [0, 0.1) is 6.92 Å². The SMILES string of the molecule is COc1cc(/C=N\Nc2nc(C)cs2)ccc1OCc1ccccc1. The van der Waals surface area contributed by atoms with Gasteiger partial charge in [0.15, 0.2) is 11.5 Å². The maximum absolute atomic E-state index is 5.85.